The Morgan fingerprint density at radius 1 is 0.162 bits per heavy atom. The molecule has 0 unspecified atom stereocenters. The Morgan fingerprint density at radius 2 is 0.377 bits per heavy atom. The van der Waals surface area contributed by atoms with Gasteiger partial charge in [0, 0.05) is 11.1 Å². The molecule has 0 aromatic heterocycles. The molecule has 0 N–H and O–H groups in total. The van der Waals surface area contributed by atoms with Crippen molar-refractivity contribution in [3.63, 3.8) is 0 Å². The van der Waals surface area contributed by atoms with E-state index in [0.29, 0.717) is 35.5 Å². The molecule has 13 aromatic rings. The van der Waals surface area contributed by atoms with Crippen molar-refractivity contribution in [2.45, 2.75) is 339 Å². The molecular formula is C130H166. The predicted octanol–water partition coefficient (Wildman–Crippen LogP) is 39.5. The Labute approximate surface area is 793 Å². The largest absolute Gasteiger partial charge is 0.0654 e. The first-order valence-corrected chi connectivity index (χ1v) is 51.3. The van der Waals surface area contributed by atoms with Crippen molar-refractivity contribution in [3.8, 4) is 56.3 Å². The molecule has 0 spiro atoms. The Balaban J connectivity index is 0.000000193. The zero-order chi connectivity index (χ0) is 92.7. The first-order chi connectivity index (χ1) is 63.3. The lowest BCUT2D eigenvalue weighted by Crippen LogP contribution is -1.90. The van der Waals surface area contributed by atoms with Gasteiger partial charge in [-0.15, -0.1) is 0 Å². The monoisotopic (exact) mass is 1730 g/mol. The molecule has 0 aliphatic heterocycles. The first kappa shape index (κ1) is 105. The molecule has 0 bridgehead atoms. The van der Waals surface area contributed by atoms with Crippen molar-refractivity contribution in [2.24, 2.45) is 0 Å². The van der Waals surface area contributed by atoms with Crippen LogP contribution in [0.5, 0.6) is 0 Å². The van der Waals surface area contributed by atoms with Gasteiger partial charge in [0.25, 0.3) is 0 Å². The van der Waals surface area contributed by atoms with Crippen LogP contribution in [0.4, 0.5) is 0 Å². The highest BCUT2D eigenvalue weighted by molar-refractivity contribution is 5.84. The molecule has 0 amide bonds. The Morgan fingerprint density at radius 3 is 0.715 bits per heavy atom. The average Bonchev–Trinajstić information content (AvgIpc) is 0.837. The molecule has 0 heteroatoms. The molecule has 0 fully saturated rings. The molecule has 0 radical (unpaired) electrons. The van der Waals surface area contributed by atoms with E-state index in [4.69, 9.17) is 0 Å². The van der Waals surface area contributed by atoms with Gasteiger partial charge in [0.1, 0.15) is 0 Å². The predicted molar refractivity (Wildman–Crippen MR) is 577 cm³/mol. The van der Waals surface area contributed by atoms with E-state index in [1.807, 2.05) is 6.07 Å². The van der Waals surface area contributed by atoms with Crippen LogP contribution >= 0.6 is 0 Å². The van der Waals surface area contributed by atoms with Gasteiger partial charge in [0.15, 0.2) is 0 Å². The summed E-state index contributed by atoms with van der Waals surface area (Å²) in [4.78, 5) is 0. The zero-order valence-corrected chi connectivity index (χ0v) is 83.7. The van der Waals surface area contributed by atoms with Crippen LogP contribution in [0, 0.1) is 11.8 Å². The molecule has 0 saturated carbocycles. The molecule has 130 heavy (non-hydrogen) atoms. The summed E-state index contributed by atoms with van der Waals surface area (Å²) in [5, 5.41) is 2.78. The maximum absolute atomic E-state index is 3.24. The lowest BCUT2D eigenvalue weighted by atomic mass is 9.97. The fraction of sp³-hybridized carbons (Fsp3) is 0.400. The van der Waals surface area contributed by atoms with Gasteiger partial charge >= 0.3 is 0 Å². The van der Waals surface area contributed by atoms with E-state index < -0.39 is 0 Å². The van der Waals surface area contributed by atoms with Crippen LogP contribution in [0.25, 0.3) is 55.3 Å². The minimum atomic E-state index is 0.572. The summed E-state index contributed by atoms with van der Waals surface area (Å²) in [6.07, 6.45) is 40.0. The molecule has 0 saturated heterocycles. The number of hydrogen-bond acceptors (Lipinski definition) is 0. The molecule has 0 aliphatic carbocycles. The van der Waals surface area contributed by atoms with Crippen LogP contribution < -0.4 is 0 Å². The zero-order valence-electron chi connectivity index (χ0n) is 83.7. The second-order valence-electron chi connectivity index (χ2n) is 38.4. The molecular weight excluding hydrogens is 1560 g/mol. The molecule has 0 aliphatic rings. The molecule has 0 heterocycles. The molecule has 0 atom stereocenters. The van der Waals surface area contributed by atoms with Crippen LogP contribution in [0.15, 0.2) is 315 Å². The summed E-state index contributed by atoms with van der Waals surface area (Å²) in [6, 6.07) is 115. The maximum Gasteiger partial charge on any atom is 0.0249 e. The normalized spacial score (nSPS) is 11.0. The fourth-order valence-electron chi connectivity index (χ4n) is 16.6. The lowest BCUT2D eigenvalue weighted by molar-refractivity contribution is 0.575. The van der Waals surface area contributed by atoms with Crippen molar-refractivity contribution in [2.75, 3.05) is 0 Å². The van der Waals surface area contributed by atoms with Gasteiger partial charge in [-0.1, -0.05) is 536 Å². The van der Waals surface area contributed by atoms with Gasteiger partial charge in [0.2, 0.25) is 0 Å². The summed E-state index contributed by atoms with van der Waals surface area (Å²) in [7, 11) is 0. The van der Waals surface area contributed by atoms with Crippen LogP contribution in [-0.2, 0) is 38.5 Å². The standard InChI is InChI=1S/C24H34.C23H32.C23H34.C21H20.C21H24.C18H22/c1-4-5-6-7-8-9-10-11-21-12-14-23(15-13-21)24-18-16-22(17-19-24)20(2)3;1-20(2)23-18-16-22(17-19-23)15-9-6-4-3-5-8-12-21-13-10-7-11-14-21;1-4-5-6-7-8-9-10-11-12-20-13-14-23-18-21(19(2)3)15-16-22(23)17-20;1-16(2)17-8-10-20(11-9-17)21-14-12-19(13-15-21)18-6-4-3-5-7-18;1-4-5-6-18-7-9-19(10-8-18)11-12-20-13-15-21(16-14-20)17(2)3;1-4-5-15-6-8-17(9-7-15)18-12-10-16(11-13-18)14(2)3/h12-20H,4-11H2,1-3H3;7,10-11,13-14,16-20H,3-6,8-9,12,15H2,1-2H3;13-19H,4-12H2,1-3H3;3-16H,1-2H3;7-10,13-17H,4-6H2,1-3H3;6-14H,4-5H2,1-3H3. The summed E-state index contributed by atoms with van der Waals surface area (Å²) in [6.45, 7) is 35.9. The van der Waals surface area contributed by atoms with Gasteiger partial charge in [-0.3, -0.25) is 0 Å². The summed E-state index contributed by atoms with van der Waals surface area (Å²) in [5.41, 5.74) is 29.8. The second-order valence-corrected chi connectivity index (χ2v) is 38.4. The van der Waals surface area contributed by atoms with E-state index >= 15 is 0 Å². The van der Waals surface area contributed by atoms with E-state index in [1.54, 1.807) is 0 Å². The average molecular weight is 1730 g/mol. The van der Waals surface area contributed by atoms with Gasteiger partial charge in [-0.25, -0.2) is 0 Å². The van der Waals surface area contributed by atoms with Gasteiger partial charge in [0.05, 0.1) is 0 Å². The van der Waals surface area contributed by atoms with Gasteiger partial charge < -0.3 is 0 Å². The van der Waals surface area contributed by atoms with Crippen molar-refractivity contribution in [1.82, 2.24) is 0 Å². The van der Waals surface area contributed by atoms with Crippen LogP contribution in [0.2, 0.25) is 0 Å². The van der Waals surface area contributed by atoms with Crippen molar-refractivity contribution < 1.29 is 0 Å². The Hall–Kier alpha value is -10.3. The number of benzene rings is 13. The van der Waals surface area contributed by atoms with E-state index in [1.165, 1.54) is 315 Å². The van der Waals surface area contributed by atoms with Crippen LogP contribution in [-0.4, -0.2) is 0 Å². The summed E-state index contributed by atoms with van der Waals surface area (Å²) >= 11 is 0. The minimum Gasteiger partial charge on any atom is -0.0654 e. The molecule has 13 rings (SSSR count). The van der Waals surface area contributed by atoms with E-state index in [0.717, 1.165) is 11.1 Å². The number of aryl methyl sites for hydroxylation is 6. The first-order valence-electron chi connectivity index (χ1n) is 51.3. The third kappa shape index (κ3) is 40.2. The third-order valence-electron chi connectivity index (χ3n) is 25.5. The van der Waals surface area contributed by atoms with E-state index in [9.17, 15) is 0 Å². The smallest absolute Gasteiger partial charge is 0.0249 e. The quantitative estimate of drug-likeness (QED) is 0.0265. The highest BCUT2D eigenvalue weighted by Crippen LogP contribution is 2.31. The number of hydrogen-bond donors (Lipinski definition) is 0. The topological polar surface area (TPSA) is 0 Å². The van der Waals surface area contributed by atoms with Gasteiger partial charge in [-0.2, -0.15) is 0 Å². The van der Waals surface area contributed by atoms with Crippen LogP contribution in [0.1, 0.15) is 378 Å². The van der Waals surface area contributed by atoms with E-state index in [2.05, 4.69) is 432 Å². The number of unbranched alkanes of at least 4 members (excludes halogenated alkanes) is 19. The van der Waals surface area contributed by atoms with Crippen molar-refractivity contribution in [3.05, 3.63) is 393 Å². The van der Waals surface area contributed by atoms with Gasteiger partial charge in [-0.05, 0) is 252 Å². The third-order valence-corrected chi connectivity index (χ3v) is 25.5. The number of fused-ring (bicyclic) bond motifs is 1. The maximum atomic E-state index is 3.24. The lowest BCUT2D eigenvalue weighted by Gasteiger charge is -2.08. The molecule has 686 valence electrons. The van der Waals surface area contributed by atoms with Crippen LogP contribution in [0.3, 0.4) is 0 Å². The Kier molecular flexibility index (Phi) is 49.6. The van der Waals surface area contributed by atoms with Crippen molar-refractivity contribution >= 4 is 10.8 Å². The molecule has 13 aromatic carbocycles. The number of rotatable bonds is 41. The fourth-order valence-corrected chi connectivity index (χ4v) is 16.6. The summed E-state index contributed by atoms with van der Waals surface area (Å²) < 4.78 is 0. The van der Waals surface area contributed by atoms with E-state index in [-0.39, 0.29) is 0 Å². The second kappa shape index (κ2) is 61.3. The Bertz CT molecular complexity index is 5140. The SMILES string of the molecule is CC(C)c1ccc(-c2ccc(-c3ccccc3)cc2)cc1.CC(C)c1ccc(CCCCCCCCc2ccccc2)cc1.CCCCCCCCCCc1ccc2cc(C(C)C)ccc2c1.CCCCCCCCCc1ccc(-c2ccc(C(C)C)cc2)cc1.CCCCc1ccc(C#Cc2ccc(C(C)C)cc2)cc1.CCCc1ccc(-c2ccc(C(C)C)cc2)cc1. The molecule has 0 nitrogen and oxygen atoms in total. The highest BCUT2D eigenvalue weighted by atomic mass is 14.2. The highest BCUT2D eigenvalue weighted by Gasteiger charge is 2.10. The van der Waals surface area contributed by atoms with Crippen molar-refractivity contribution in [1.29, 1.82) is 0 Å². The minimum absolute atomic E-state index is 0.572. The summed E-state index contributed by atoms with van der Waals surface area (Å²) in [5.74, 6) is 10.1.